The third-order valence-corrected chi connectivity index (χ3v) is 4.97. The van der Waals surface area contributed by atoms with Gasteiger partial charge in [-0.3, -0.25) is 10.1 Å². The molecule has 1 N–H and O–H groups in total. The first-order valence-electron chi connectivity index (χ1n) is 7.79. The number of rotatable bonds is 4. The third kappa shape index (κ3) is 2.95. The van der Waals surface area contributed by atoms with E-state index >= 15 is 0 Å². The van der Waals surface area contributed by atoms with Crippen molar-refractivity contribution in [2.24, 2.45) is 17.8 Å². The molecule has 4 atom stereocenters. The number of halogens is 1. The summed E-state index contributed by atoms with van der Waals surface area (Å²) < 4.78 is 0. The fourth-order valence-electron chi connectivity index (χ4n) is 3.17. The molecule has 21 heavy (non-hydrogen) atoms. The molecule has 0 aromatic heterocycles. The summed E-state index contributed by atoms with van der Waals surface area (Å²) in [5.41, 5.74) is 1.08. The van der Waals surface area contributed by atoms with Gasteiger partial charge in [-0.15, -0.1) is 0 Å². The number of benzene rings is 1. The monoisotopic (exact) mass is 306 g/mol. The Morgan fingerprint density at radius 3 is 2.71 bits per heavy atom. The molecule has 0 radical (unpaired) electrons. The average Bonchev–Trinajstić information content (AvgIpc) is 3.01. The molecule has 0 spiro atoms. The Balaban J connectivity index is 1.86. The van der Waals surface area contributed by atoms with E-state index in [1.165, 1.54) is 6.42 Å². The molecule has 3 nitrogen and oxygen atoms in total. The summed E-state index contributed by atoms with van der Waals surface area (Å²) in [5, 5.41) is 4.22. The molecule has 4 heteroatoms. The molecule has 1 heterocycles. The second kappa shape index (κ2) is 5.62. The van der Waals surface area contributed by atoms with E-state index in [0.717, 1.165) is 23.0 Å². The average molecular weight is 307 g/mol. The Labute approximate surface area is 131 Å². The van der Waals surface area contributed by atoms with Crippen molar-refractivity contribution in [3.8, 4) is 0 Å². The summed E-state index contributed by atoms with van der Waals surface area (Å²) in [7, 11) is 0. The lowest BCUT2D eigenvalue weighted by Gasteiger charge is -2.25. The first kappa shape index (κ1) is 14.9. The summed E-state index contributed by atoms with van der Waals surface area (Å²) in [5.74, 6) is 1.93. The number of hydrogen-bond donors (Lipinski definition) is 1. The lowest BCUT2D eigenvalue weighted by atomic mass is 10.0. The number of carbonyl (C=O) groups excluding carboxylic acids is 1. The summed E-state index contributed by atoms with van der Waals surface area (Å²) >= 11 is 6.12. The van der Waals surface area contributed by atoms with Crippen molar-refractivity contribution in [3.05, 3.63) is 34.9 Å². The van der Waals surface area contributed by atoms with E-state index in [2.05, 4.69) is 26.1 Å². The van der Waals surface area contributed by atoms with Gasteiger partial charge in [0.15, 0.2) is 0 Å². The van der Waals surface area contributed by atoms with E-state index in [-0.39, 0.29) is 18.1 Å². The standard InChI is InChI=1S/C17H23ClN2O/c1-10(2)15-17(21)20(9-13-7-11(13)3)16(19-15)12-5-4-6-14(18)8-12/h4-6,8,10-11,13,15-16,19H,7,9H2,1-3H3. The van der Waals surface area contributed by atoms with Crippen LogP contribution < -0.4 is 5.32 Å². The minimum Gasteiger partial charge on any atom is -0.321 e. The van der Waals surface area contributed by atoms with Crippen molar-refractivity contribution in [2.45, 2.75) is 39.4 Å². The third-order valence-electron chi connectivity index (χ3n) is 4.74. The zero-order chi connectivity index (χ0) is 15.1. The Kier molecular flexibility index (Phi) is 3.98. The van der Waals surface area contributed by atoms with Gasteiger partial charge < -0.3 is 4.90 Å². The van der Waals surface area contributed by atoms with Crippen molar-refractivity contribution < 1.29 is 4.79 Å². The van der Waals surface area contributed by atoms with Gasteiger partial charge >= 0.3 is 0 Å². The van der Waals surface area contributed by atoms with Crippen LogP contribution in [-0.4, -0.2) is 23.4 Å². The van der Waals surface area contributed by atoms with Crippen molar-refractivity contribution in [2.75, 3.05) is 6.54 Å². The van der Waals surface area contributed by atoms with Crippen LogP contribution in [0.4, 0.5) is 0 Å². The minimum atomic E-state index is -0.0944. The number of carbonyl (C=O) groups is 1. The quantitative estimate of drug-likeness (QED) is 0.924. The van der Waals surface area contributed by atoms with Gasteiger partial charge in [0.25, 0.3) is 0 Å². The highest BCUT2D eigenvalue weighted by molar-refractivity contribution is 6.30. The van der Waals surface area contributed by atoms with Gasteiger partial charge in [0, 0.05) is 11.6 Å². The molecule has 1 saturated carbocycles. The van der Waals surface area contributed by atoms with Crippen molar-refractivity contribution in [1.82, 2.24) is 10.2 Å². The number of hydrogen-bond acceptors (Lipinski definition) is 2. The van der Waals surface area contributed by atoms with E-state index in [4.69, 9.17) is 11.6 Å². The lowest BCUT2D eigenvalue weighted by molar-refractivity contribution is -0.131. The molecule has 114 valence electrons. The lowest BCUT2D eigenvalue weighted by Crippen LogP contribution is -2.35. The van der Waals surface area contributed by atoms with E-state index in [0.29, 0.717) is 11.8 Å². The predicted octanol–water partition coefficient (Wildman–Crippen LogP) is 3.45. The van der Waals surface area contributed by atoms with Crippen LogP contribution in [0.5, 0.6) is 0 Å². The van der Waals surface area contributed by atoms with Gasteiger partial charge in [-0.1, -0.05) is 44.5 Å². The van der Waals surface area contributed by atoms with Crippen molar-refractivity contribution >= 4 is 17.5 Å². The molecule has 1 aromatic carbocycles. The van der Waals surface area contributed by atoms with Crippen LogP contribution in [0.25, 0.3) is 0 Å². The molecule has 1 aliphatic carbocycles. The second-order valence-corrected chi connectivity index (χ2v) is 7.25. The number of amides is 1. The fourth-order valence-corrected chi connectivity index (χ4v) is 3.37. The fraction of sp³-hybridized carbons (Fsp3) is 0.588. The largest absolute Gasteiger partial charge is 0.321 e. The maximum atomic E-state index is 12.7. The molecule has 1 aliphatic heterocycles. The molecule has 1 amide bonds. The summed E-state index contributed by atoms with van der Waals surface area (Å²) in [6, 6.07) is 7.73. The number of nitrogens with zero attached hydrogens (tertiary/aromatic N) is 1. The van der Waals surface area contributed by atoms with Crippen LogP contribution >= 0.6 is 11.6 Å². The van der Waals surface area contributed by atoms with Crippen LogP contribution in [0.3, 0.4) is 0 Å². The van der Waals surface area contributed by atoms with Crippen molar-refractivity contribution in [1.29, 1.82) is 0 Å². The smallest absolute Gasteiger partial charge is 0.241 e. The first-order chi connectivity index (χ1) is 9.97. The molecule has 3 rings (SSSR count). The highest BCUT2D eigenvalue weighted by atomic mass is 35.5. The predicted molar refractivity (Wildman–Crippen MR) is 84.9 cm³/mol. The molecule has 0 bridgehead atoms. The van der Waals surface area contributed by atoms with E-state index in [1.807, 2.05) is 29.2 Å². The molecule has 1 saturated heterocycles. The SMILES string of the molecule is CC(C)C1NC(c2cccc(Cl)c2)N(CC2CC2C)C1=O. The van der Waals surface area contributed by atoms with Gasteiger partial charge in [-0.2, -0.15) is 0 Å². The van der Waals surface area contributed by atoms with Crippen LogP contribution in [0.1, 0.15) is 38.9 Å². The van der Waals surface area contributed by atoms with Crippen LogP contribution in [0.2, 0.25) is 5.02 Å². The molecular formula is C17H23ClN2O. The Hall–Kier alpha value is -1.06. The summed E-state index contributed by atoms with van der Waals surface area (Å²) in [6.45, 7) is 7.29. The molecular weight excluding hydrogens is 284 g/mol. The zero-order valence-corrected chi connectivity index (χ0v) is 13.6. The maximum absolute atomic E-state index is 12.7. The Bertz CT molecular complexity index is 545. The highest BCUT2D eigenvalue weighted by Gasteiger charge is 2.44. The summed E-state index contributed by atoms with van der Waals surface area (Å²) in [4.78, 5) is 14.7. The van der Waals surface area contributed by atoms with E-state index in [1.54, 1.807) is 0 Å². The topological polar surface area (TPSA) is 32.3 Å². The van der Waals surface area contributed by atoms with E-state index in [9.17, 15) is 4.79 Å². The Morgan fingerprint density at radius 1 is 1.43 bits per heavy atom. The van der Waals surface area contributed by atoms with Crippen molar-refractivity contribution in [3.63, 3.8) is 0 Å². The molecule has 1 aromatic rings. The normalized spacial score (nSPS) is 32.0. The van der Waals surface area contributed by atoms with Gasteiger partial charge in [-0.25, -0.2) is 0 Å². The molecule has 2 fully saturated rings. The highest BCUT2D eigenvalue weighted by Crippen LogP contribution is 2.41. The first-order valence-corrected chi connectivity index (χ1v) is 8.17. The van der Waals surface area contributed by atoms with Crippen LogP contribution in [-0.2, 0) is 4.79 Å². The Morgan fingerprint density at radius 2 is 2.14 bits per heavy atom. The second-order valence-electron chi connectivity index (χ2n) is 6.81. The van der Waals surface area contributed by atoms with Gasteiger partial charge in [-0.05, 0) is 41.9 Å². The van der Waals surface area contributed by atoms with Gasteiger partial charge in [0.2, 0.25) is 5.91 Å². The van der Waals surface area contributed by atoms with Crippen LogP contribution in [0, 0.1) is 17.8 Å². The maximum Gasteiger partial charge on any atom is 0.241 e. The molecule has 4 unspecified atom stereocenters. The number of nitrogens with one attached hydrogen (secondary N) is 1. The van der Waals surface area contributed by atoms with E-state index < -0.39 is 0 Å². The zero-order valence-electron chi connectivity index (χ0n) is 12.8. The summed E-state index contributed by atoms with van der Waals surface area (Å²) in [6.07, 6.45) is 1.19. The van der Waals surface area contributed by atoms with Gasteiger partial charge in [0.1, 0.15) is 6.17 Å². The van der Waals surface area contributed by atoms with Crippen LogP contribution in [0.15, 0.2) is 24.3 Å². The van der Waals surface area contributed by atoms with Gasteiger partial charge in [0.05, 0.1) is 6.04 Å². The minimum absolute atomic E-state index is 0.0450. The molecule has 2 aliphatic rings.